The molecular weight excluding hydrogens is 362 g/mol. The maximum atomic E-state index is 12.1. The Morgan fingerprint density at radius 3 is 2.52 bits per heavy atom. The second-order valence-electron chi connectivity index (χ2n) is 5.78. The normalized spacial score (nSPS) is 11.1. The first kappa shape index (κ1) is 18.6. The fourth-order valence-electron chi connectivity index (χ4n) is 2.35. The molecule has 5 nitrogen and oxygen atoms in total. The number of hydrogen-bond donors (Lipinski definition) is 1. The van der Waals surface area contributed by atoms with E-state index in [2.05, 4.69) is 15.5 Å². The molecule has 0 saturated carbocycles. The van der Waals surface area contributed by atoms with Gasteiger partial charge < -0.3 is 4.74 Å². The van der Waals surface area contributed by atoms with E-state index >= 15 is 0 Å². The SMILES string of the molecule is CC(=NNC(=O)c1cccnc1Cl)c1ccc(OCc2ccccc2)cc1. The van der Waals surface area contributed by atoms with Crippen LogP contribution in [0.15, 0.2) is 78.0 Å². The summed E-state index contributed by atoms with van der Waals surface area (Å²) in [6, 6.07) is 20.7. The van der Waals surface area contributed by atoms with Crippen LogP contribution < -0.4 is 10.2 Å². The van der Waals surface area contributed by atoms with Crippen molar-refractivity contribution in [3.63, 3.8) is 0 Å². The van der Waals surface area contributed by atoms with Crippen molar-refractivity contribution in [2.75, 3.05) is 0 Å². The lowest BCUT2D eigenvalue weighted by Gasteiger charge is -2.08. The van der Waals surface area contributed by atoms with Crippen LogP contribution >= 0.6 is 11.6 Å². The monoisotopic (exact) mass is 379 g/mol. The first-order valence-corrected chi connectivity index (χ1v) is 8.73. The number of hydrogen-bond acceptors (Lipinski definition) is 4. The molecule has 0 bridgehead atoms. The molecule has 0 saturated heterocycles. The van der Waals surface area contributed by atoms with Gasteiger partial charge in [-0.1, -0.05) is 41.9 Å². The van der Waals surface area contributed by atoms with Gasteiger partial charge in [-0.3, -0.25) is 4.79 Å². The number of carbonyl (C=O) groups excluding carboxylic acids is 1. The van der Waals surface area contributed by atoms with E-state index in [1.165, 1.54) is 6.20 Å². The van der Waals surface area contributed by atoms with Gasteiger partial charge in [-0.05, 0) is 54.4 Å². The van der Waals surface area contributed by atoms with Crippen LogP contribution in [-0.2, 0) is 6.61 Å². The topological polar surface area (TPSA) is 63.6 Å². The first-order chi connectivity index (χ1) is 13.1. The Morgan fingerprint density at radius 2 is 1.81 bits per heavy atom. The lowest BCUT2D eigenvalue weighted by Crippen LogP contribution is -2.20. The predicted octanol–water partition coefficient (Wildman–Crippen LogP) is 4.47. The highest BCUT2D eigenvalue weighted by molar-refractivity contribution is 6.32. The molecule has 3 aromatic rings. The van der Waals surface area contributed by atoms with Crippen molar-refractivity contribution in [3.8, 4) is 5.75 Å². The van der Waals surface area contributed by atoms with Crippen molar-refractivity contribution < 1.29 is 9.53 Å². The van der Waals surface area contributed by atoms with Gasteiger partial charge in [-0.25, -0.2) is 10.4 Å². The molecule has 0 fully saturated rings. The fourth-order valence-corrected chi connectivity index (χ4v) is 2.55. The minimum atomic E-state index is -0.407. The lowest BCUT2D eigenvalue weighted by molar-refractivity contribution is 0.0954. The maximum Gasteiger partial charge on any atom is 0.274 e. The summed E-state index contributed by atoms with van der Waals surface area (Å²) in [4.78, 5) is 16.0. The number of halogens is 1. The quantitative estimate of drug-likeness (QED) is 0.390. The van der Waals surface area contributed by atoms with E-state index in [1.807, 2.05) is 61.5 Å². The molecule has 1 aromatic heterocycles. The van der Waals surface area contributed by atoms with E-state index in [-0.39, 0.29) is 10.7 Å². The average Bonchev–Trinajstić information content (AvgIpc) is 2.72. The van der Waals surface area contributed by atoms with Crippen LogP contribution in [-0.4, -0.2) is 16.6 Å². The molecule has 136 valence electrons. The molecule has 1 N–H and O–H groups in total. The van der Waals surface area contributed by atoms with Gasteiger partial charge in [0.15, 0.2) is 0 Å². The van der Waals surface area contributed by atoms with Gasteiger partial charge in [0.2, 0.25) is 0 Å². The second-order valence-corrected chi connectivity index (χ2v) is 6.14. The van der Waals surface area contributed by atoms with E-state index < -0.39 is 5.91 Å². The molecule has 3 rings (SSSR count). The number of pyridine rings is 1. The fraction of sp³-hybridized carbons (Fsp3) is 0.0952. The van der Waals surface area contributed by atoms with Crippen molar-refractivity contribution in [1.29, 1.82) is 0 Å². The van der Waals surface area contributed by atoms with E-state index in [1.54, 1.807) is 12.1 Å². The van der Waals surface area contributed by atoms with Crippen LogP contribution in [0.4, 0.5) is 0 Å². The number of hydrazone groups is 1. The molecule has 0 aliphatic heterocycles. The summed E-state index contributed by atoms with van der Waals surface area (Å²) in [5.41, 5.74) is 5.42. The number of aromatic nitrogens is 1. The number of nitrogens with one attached hydrogen (secondary N) is 1. The van der Waals surface area contributed by atoms with E-state index in [0.717, 1.165) is 16.9 Å². The summed E-state index contributed by atoms with van der Waals surface area (Å²) in [5.74, 6) is 0.358. The molecular formula is C21H18ClN3O2. The molecule has 0 unspecified atom stereocenters. The Labute approximate surface area is 162 Å². The molecule has 0 atom stereocenters. The van der Waals surface area contributed by atoms with Gasteiger partial charge >= 0.3 is 0 Å². The Kier molecular flexibility index (Phi) is 6.18. The third-order valence-corrected chi connectivity index (χ3v) is 4.15. The number of benzene rings is 2. The van der Waals surface area contributed by atoms with Crippen molar-refractivity contribution in [1.82, 2.24) is 10.4 Å². The van der Waals surface area contributed by atoms with Crippen LogP contribution in [0.2, 0.25) is 5.15 Å². The Balaban J connectivity index is 1.59. The highest BCUT2D eigenvalue weighted by Gasteiger charge is 2.10. The van der Waals surface area contributed by atoms with Gasteiger partial charge in [0, 0.05) is 6.20 Å². The molecule has 27 heavy (non-hydrogen) atoms. The van der Waals surface area contributed by atoms with Crippen LogP contribution in [0.3, 0.4) is 0 Å². The summed E-state index contributed by atoms with van der Waals surface area (Å²) < 4.78 is 5.76. The molecule has 0 radical (unpaired) electrons. The van der Waals surface area contributed by atoms with Crippen LogP contribution in [0.1, 0.15) is 28.4 Å². The zero-order valence-corrected chi connectivity index (χ0v) is 15.5. The summed E-state index contributed by atoms with van der Waals surface area (Å²) in [7, 11) is 0. The first-order valence-electron chi connectivity index (χ1n) is 8.36. The van der Waals surface area contributed by atoms with Crippen molar-refractivity contribution in [2.24, 2.45) is 5.10 Å². The zero-order chi connectivity index (χ0) is 19.1. The highest BCUT2D eigenvalue weighted by Crippen LogP contribution is 2.15. The largest absolute Gasteiger partial charge is 0.489 e. The molecule has 6 heteroatoms. The maximum absolute atomic E-state index is 12.1. The van der Waals surface area contributed by atoms with Crippen molar-refractivity contribution >= 4 is 23.2 Å². The molecule has 1 heterocycles. The molecule has 2 aromatic carbocycles. The molecule has 0 spiro atoms. The van der Waals surface area contributed by atoms with Gasteiger partial charge in [-0.15, -0.1) is 0 Å². The Morgan fingerprint density at radius 1 is 1.07 bits per heavy atom. The molecule has 0 aliphatic carbocycles. The van der Waals surface area contributed by atoms with E-state index in [0.29, 0.717) is 12.3 Å². The minimum Gasteiger partial charge on any atom is -0.489 e. The predicted molar refractivity (Wildman–Crippen MR) is 106 cm³/mol. The molecule has 1 amide bonds. The number of carbonyl (C=O) groups is 1. The second kappa shape index (κ2) is 8.96. The molecule has 0 aliphatic rings. The van der Waals surface area contributed by atoms with Gasteiger partial charge in [0.25, 0.3) is 5.91 Å². The Hall–Kier alpha value is -3.18. The highest BCUT2D eigenvalue weighted by atomic mass is 35.5. The standard InChI is InChI=1S/C21H18ClN3O2/c1-15(24-25-21(26)19-8-5-13-23-20(19)22)17-9-11-18(12-10-17)27-14-16-6-3-2-4-7-16/h2-13H,14H2,1H3,(H,25,26). The number of rotatable bonds is 6. The van der Waals surface area contributed by atoms with E-state index in [9.17, 15) is 4.79 Å². The lowest BCUT2D eigenvalue weighted by atomic mass is 10.1. The number of nitrogens with zero attached hydrogens (tertiary/aromatic N) is 2. The third kappa shape index (κ3) is 5.15. The summed E-state index contributed by atoms with van der Waals surface area (Å²) in [5, 5.41) is 4.27. The zero-order valence-electron chi connectivity index (χ0n) is 14.7. The Bertz CT molecular complexity index is 941. The van der Waals surface area contributed by atoms with Gasteiger partial charge in [-0.2, -0.15) is 5.10 Å². The van der Waals surface area contributed by atoms with Gasteiger partial charge in [0.05, 0.1) is 11.3 Å². The van der Waals surface area contributed by atoms with Gasteiger partial charge in [0.1, 0.15) is 17.5 Å². The number of ether oxygens (including phenoxy) is 1. The average molecular weight is 380 g/mol. The van der Waals surface area contributed by atoms with Crippen LogP contribution in [0.5, 0.6) is 5.75 Å². The minimum absolute atomic E-state index is 0.141. The summed E-state index contributed by atoms with van der Waals surface area (Å²) in [6.07, 6.45) is 1.52. The van der Waals surface area contributed by atoms with Crippen molar-refractivity contribution in [3.05, 3.63) is 94.8 Å². The number of amides is 1. The summed E-state index contributed by atoms with van der Waals surface area (Å²) in [6.45, 7) is 2.32. The smallest absolute Gasteiger partial charge is 0.274 e. The van der Waals surface area contributed by atoms with E-state index in [4.69, 9.17) is 16.3 Å². The van der Waals surface area contributed by atoms with Crippen LogP contribution in [0.25, 0.3) is 0 Å². The summed E-state index contributed by atoms with van der Waals surface area (Å²) >= 11 is 5.91. The van der Waals surface area contributed by atoms with Crippen molar-refractivity contribution in [2.45, 2.75) is 13.5 Å². The van der Waals surface area contributed by atoms with Crippen LogP contribution in [0, 0.1) is 0 Å². The third-order valence-electron chi connectivity index (χ3n) is 3.85.